The molecule has 0 unspecified atom stereocenters. The summed E-state index contributed by atoms with van der Waals surface area (Å²) in [5, 5.41) is 5.60. The van der Waals surface area contributed by atoms with Crippen LogP contribution in [0.15, 0.2) is 30.9 Å². The highest BCUT2D eigenvalue weighted by atomic mass is 16.2. The number of rotatable bonds is 6. The minimum Gasteiger partial charge on any atom is -0.350 e. The van der Waals surface area contributed by atoms with Crippen LogP contribution in [0.3, 0.4) is 0 Å². The summed E-state index contributed by atoms with van der Waals surface area (Å²) >= 11 is 0. The highest BCUT2D eigenvalue weighted by molar-refractivity contribution is 5.92. The number of hydrogen-bond acceptors (Lipinski definition) is 4. The normalized spacial score (nSPS) is 10.9. The number of anilines is 1. The minimum atomic E-state index is -0.205. The third kappa shape index (κ3) is 4.65. The van der Waals surface area contributed by atoms with E-state index in [4.69, 9.17) is 0 Å². The van der Waals surface area contributed by atoms with Crippen molar-refractivity contribution in [3.8, 4) is 5.82 Å². The van der Waals surface area contributed by atoms with E-state index in [9.17, 15) is 9.59 Å². The van der Waals surface area contributed by atoms with Gasteiger partial charge in [0.2, 0.25) is 5.91 Å². The van der Waals surface area contributed by atoms with Gasteiger partial charge in [0.1, 0.15) is 17.8 Å². The van der Waals surface area contributed by atoms with Crippen LogP contribution in [0, 0.1) is 11.8 Å². The van der Waals surface area contributed by atoms with Gasteiger partial charge in [-0.15, -0.1) is 0 Å². The second kappa shape index (κ2) is 7.72. The zero-order chi connectivity index (χ0) is 17.7. The lowest BCUT2D eigenvalue weighted by Crippen LogP contribution is -2.27. The zero-order valence-electron chi connectivity index (χ0n) is 14.4. The first-order valence-electron chi connectivity index (χ1n) is 7.96. The van der Waals surface area contributed by atoms with E-state index in [2.05, 4.69) is 20.6 Å². The summed E-state index contributed by atoms with van der Waals surface area (Å²) in [5.74, 6) is 0.643. The Morgan fingerprint density at radius 1 is 1.17 bits per heavy atom. The number of nitrogens with one attached hydrogen (secondary N) is 2. The van der Waals surface area contributed by atoms with Crippen molar-refractivity contribution in [1.29, 1.82) is 0 Å². The third-order valence-electron chi connectivity index (χ3n) is 3.29. The summed E-state index contributed by atoms with van der Waals surface area (Å²) in [6, 6.07) is 3.52. The quantitative estimate of drug-likeness (QED) is 0.850. The highest BCUT2D eigenvalue weighted by Crippen LogP contribution is 2.11. The molecule has 2 amide bonds. The fraction of sp³-hybridized carbons (Fsp3) is 0.412. The van der Waals surface area contributed by atoms with Crippen LogP contribution in [0.1, 0.15) is 38.2 Å². The Kier molecular flexibility index (Phi) is 5.68. The summed E-state index contributed by atoms with van der Waals surface area (Å²) in [5.41, 5.74) is 0.974. The van der Waals surface area contributed by atoms with Crippen LogP contribution in [-0.4, -0.2) is 32.9 Å². The van der Waals surface area contributed by atoms with Gasteiger partial charge < -0.3 is 10.6 Å². The first-order chi connectivity index (χ1) is 11.4. The van der Waals surface area contributed by atoms with E-state index >= 15 is 0 Å². The van der Waals surface area contributed by atoms with Gasteiger partial charge in [-0.3, -0.25) is 14.2 Å². The van der Waals surface area contributed by atoms with E-state index in [0.29, 0.717) is 29.7 Å². The topological polar surface area (TPSA) is 88.9 Å². The average Bonchev–Trinajstić information content (AvgIpc) is 3.03. The van der Waals surface area contributed by atoms with Gasteiger partial charge in [-0.2, -0.15) is 0 Å². The van der Waals surface area contributed by atoms with Crippen LogP contribution < -0.4 is 10.6 Å². The van der Waals surface area contributed by atoms with Gasteiger partial charge in [-0.1, -0.05) is 27.7 Å². The van der Waals surface area contributed by atoms with Crippen LogP contribution in [-0.2, 0) is 4.79 Å². The largest absolute Gasteiger partial charge is 0.350 e. The summed E-state index contributed by atoms with van der Waals surface area (Å²) in [6.07, 6.45) is 4.75. The third-order valence-corrected chi connectivity index (χ3v) is 3.29. The van der Waals surface area contributed by atoms with Crippen LogP contribution in [0.5, 0.6) is 0 Å². The van der Waals surface area contributed by atoms with Gasteiger partial charge in [-0.05, 0) is 18.1 Å². The van der Waals surface area contributed by atoms with Gasteiger partial charge in [-0.25, -0.2) is 9.97 Å². The van der Waals surface area contributed by atoms with E-state index in [1.54, 1.807) is 35.4 Å². The van der Waals surface area contributed by atoms with Crippen molar-refractivity contribution < 1.29 is 9.59 Å². The molecule has 0 aliphatic heterocycles. The fourth-order valence-electron chi connectivity index (χ4n) is 1.85. The van der Waals surface area contributed by atoms with Crippen molar-refractivity contribution in [2.24, 2.45) is 11.8 Å². The number of hydrogen-bond donors (Lipinski definition) is 2. The summed E-state index contributed by atoms with van der Waals surface area (Å²) in [7, 11) is 0. The lowest BCUT2D eigenvalue weighted by molar-refractivity contribution is -0.118. The maximum Gasteiger partial charge on any atom is 0.271 e. The van der Waals surface area contributed by atoms with Crippen LogP contribution in [0.25, 0.3) is 5.82 Å². The van der Waals surface area contributed by atoms with Crippen molar-refractivity contribution in [1.82, 2.24) is 19.9 Å². The average molecular weight is 329 g/mol. The number of carbonyl (C=O) groups is 2. The lowest BCUT2D eigenvalue weighted by Gasteiger charge is -2.08. The zero-order valence-corrected chi connectivity index (χ0v) is 14.4. The molecule has 2 N–H and O–H groups in total. The smallest absolute Gasteiger partial charge is 0.271 e. The van der Waals surface area contributed by atoms with Crippen LogP contribution in [0.2, 0.25) is 0 Å². The SMILES string of the molecule is CC(C)CNC(=O)c1cn(-c2ccc(NC(=O)C(C)C)cn2)cn1. The molecule has 0 aliphatic carbocycles. The van der Waals surface area contributed by atoms with Crippen molar-refractivity contribution in [2.75, 3.05) is 11.9 Å². The van der Waals surface area contributed by atoms with Gasteiger partial charge in [0.15, 0.2) is 0 Å². The molecule has 2 aromatic heterocycles. The molecule has 0 spiro atoms. The first-order valence-corrected chi connectivity index (χ1v) is 7.96. The molecule has 7 heteroatoms. The molecule has 0 aromatic carbocycles. The summed E-state index contributed by atoms with van der Waals surface area (Å²) < 4.78 is 1.67. The number of imidazole rings is 1. The van der Waals surface area contributed by atoms with E-state index in [1.165, 1.54) is 0 Å². The Balaban J connectivity index is 2.04. The molecule has 128 valence electrons. The predicted octanol–water partition coefficient (Wildman–Crippen LogP) is 2.25. The maximum absolute atomic E-state index is 12.0. The van der Waals surface area contributed by atoms with Gasteiger partial charge in [0.05, 0.1) is 11.9 Å². The number of carbonyl (C=O) groups excluding carboxylic acids is 2. The van der Waals surface area contributed by atoms with Crippen molar-refractivity contribution >= 4 is 17.5 Å². The van der Waals surface area contributed by atoms with E-state index < -0.39 is 0 Å². The second-order valence-electron chi connectivity index (χ2n) is 6.32. The molecule has 0 atom stereocenters. The molecule has 7 nitrogen and oxygen atoms in total. The molecule has 0 saturated carbocycles. The van der Waals surface area contributed by atoms with Crippen molar-refractivity contribution in [3.05, 3.63) is 36.5 Å². The first kappa shape index (κ1) is 17.7. The minimum absolute atomic E-state index is 0.0590. The Labute approximate surface area is 141 Å². The number of amides is 2. The second-order valence-corrected chi connectivity index (χ2v) is 6.32. The molecule has 0 fully saturated rings. The van der Waals surface area contributed by atoms with Crippen LogP contribution >= 0.6 is 0 Å². The van der Waals surface area contributed by atoms with Crippen molar-refractivity contribution in [3.63, 3.8) is 0 Å². The summed E-state index contributed by atoms with van der Waals surface area (Å²) in [4.78, 5) is 32.0. The molecule has 24 heavy (non-hydrogen) atoms. The van der Waals surface area contributed by atoms with Gasteiger partial charge in [0.25, 0.3) is 5.91 Å². The number of nitrogens with zero attached hydrogens (tertiary/aromatic N) is 3. The summed E-state index contributed by atoms with van der Waals surface area (Å²) in [6.45, 7) is 8.32. The van der Waals surface area contributed by atoms with E-state index in [1.807, 2.05) is 27.7 Å². The van der Waals surface area contributed by atoms with Gasteiger partial charge in [0, 0.05) is 18.7 Å². The maximum atomic E-state index is 12.0. The molecule has 2 heterocycles. The predicted molar refractivity (Wildman–Crippen MR) is 92.0 cm³/mol. The molecular weight excluding hydrogens is 306 g/mol. The molecule has 0 aliphatic rings. The monoisotopic (exact) mass is 329 g/mol. The van der Waals surface area contributed by atoms with Crippen LogP contribution in [0.4, 0.5) is 5.69 Å². The highest BCUT2D eigenvalue weighted by Gasteiger charge is 2.11. The molecule has 0 radical (unpaired) electrons. The lowest BCUT2D eigenvalue weighted by atomic mass is 10.2. The molecule has 2 aromatic rings. The number of pyridine rings is 1. The Morgan fingerprint density at radius 2 is 1.92 bits per heavy atom. The Bertz CT molecular complexity index is 704. The molecule has 2 rings (SSSR count). The molecular formula is C17H23N5O2. The van der Waals surface area contributed by atoms with E-state index in [-0.39, 0.29) is 17.7 Å². The standard InChI is InChI=1S/C17H23N5O2/c1-11(2)7-19-17(24)14-9-22(10-20-14)15-6-5-13(8-18-15)21-16(23)12(3)4/h5-6,8-12H,7H2,1-4H3,(H,19,24)(H,21,23). The fourth-order valence-corrected chi connectivity index (χ4v) is 1.85. The van der Waals surface area contributed by atoms with Crippen molar-refractivity contribution in [2.45, 2.75) is 27.7 Å². The molecule has 0 bridgehead atoms. The number of aromatic nitrogens is 3. The van der Waals surface area contributed by atoms with E-state index in [0.717, 1.165) is 0 Å². The Morgan fingerprint density at radius 3 is 2.50 bits per heavy atom. The molecule has 0 saturated heterocycles. The van der Waals surface area contributed by atoms with Gasteiger partial charge >= 0.3 is 0 Å². The Hall–Kier alpha value is -2.70.